The number of carbonyl (C=O) groups is 1. The number of alkyl halides is 4. The summed E-state index contributed by atoms with van der Waals surface area (Å²) in [5, 5.41) is 0.878. The number of rotatable bonds is 3. The summed E-state index contributed by atoms with van der Waals surface area (Å²) in [5.74, 6) is 0.122. The highest BCUT2D eigenvalue weighted by Gasteiger charge is 2.32. The molecule has 1 amide bonds. The number of nitrogens with zero attached hydrogens (tertiary/aromatic N) is 1. The van der Waals surface area contributed by atoms with Crippen molar-refractivity contribution in [1.82, 2.24) is 4.90 Å². The van der Waals surface area contributed by atoms with Gasteiger partial charge in [0.1, 0.15) is 0 Å². The molecule has 1 aromatic rings. The van der Waals surface area contributed by atoms with Crippen LogP contribution in [0.15, 0.2) is 24.3 Å². The molecule has 1 fully saturated rings. The van der Waals surface area contributed by atoms with Crippen molar-refractivity contribution in [3.8, 4) is 0 Å². The summed E-state index contributed by atoms with van der Waals surface area (Å²) in [6.07, 6.45) is -2.53. The van der Waals surface area contributed by atoms with E-state index in [0.717, 1.165) is 30.3 Å². The van der Waals surface area contributed by atoms with Crippen molar-refractivity contribution in [2.45, 2.75) is 19.0 Å². The predicted octanol–water partition coefficient (Wildman–Crippen LogP) is 3.95. The van der Waals surface area contributed by atoms with Gasteiger partial charge in [-0.05, 0) is 37.0 Å². The number of halogens is 4. The SMILES string of the molecule is O=C(c1cccc(C(F)(F)F)c1)N1CCC(CCBr)C1. The summed E-state index contributed by atoms with van der Waals surface area (Å²) < 4.78 is 37.9. The van der Waals surface area contributed by atoms with Crippen LogP contribution in [0.5, 0.6) is 0 Å². The van der Waals surface area contributed by atoms with Crippen LogP contribution in [-0.2, 0) is 6.18 Å². The fourth-order valence-electron chi connectivity index (χ4n) is 2.42. The highest BCUT2D eigenvalue weighted by atomic mass is 79.9. The molecule has 1 aliphatic heterocycles. The minimum absolute atomic E-state index is 0.110. The van der Waals surface area contributed by atoms with Gasteiger partial charge in [0, 0.05) is 24.0 Å². The summed E-state index contributed by atoms with van der Waals surface area (Å²) >= 11 is 3.36. The number of carbonyl (C=O) groups excluding carboxylic acids is 1. The summed E-state index contributed by atoms with van der Waals surface area (Å²) in [5.41, 5.74) is -0.668. The van der Waals surface area contributed by atoms with Gasteiger partial charge in [-0.2, -0.15) is 13.2 Å². The van der Waals surface area contributed by atoms with Crippen LogP contribution in [0, 0.1) is 5.92 Å². The Morgan fingerprint density at radius 2 is 2.15 bits per heavy atom. The molecule has 1 aromatic carbocycles. The van der Waals surface area contributed by atoms with E-state index in [-0.39, 0.29) is 11.5 Å². The summed E-state index contributed by atoms with van der Waals surface area (Å²) in [6.45, 7) is 1.24. The van der Waals surface area contributed by atoms with E-state index < -0.39 is 11.7 Å². The quantitative estimate of drug-likeness (QED) is 0.756. The third-order valence-corrected chi connectivity index (χ3v) is 3.99. The van der Waals surface area contributed by atoms with Crippen LogP contribution < -0.4 is 0 Å². The second-order valence-electron chi connectivity index (χ2n) is 4.96. The fraction of sp³-hybridized carbons (Fsp3) is 0.500. The Kier molecular flexibility index (Phi) is 4.73. The molecule has 1 aliphatic rings. The maximum Gasteiger partial charge on any atom is 0.416 e. The molecular weight excluding hydrogens is 335 g/mol. The van der Waals surface area contributed by atoms with Gasteiger partial charge in [0.15, 0.2) is 0 Å². The van der Waals surface area contributed by atoms with Gasteiger partial charge in [-0.1, -0.05) is 22.0 Å². The van der Waals surface area contributed by atoms with E-state index in [1.165, 1.54) is 12.1 Å². The molecule has 0 bridgehead atoms. The van der Waals surface area contributed by atoms with Crippen molar-refractivity contribution in [3.05, 3.63) is 35.4 Å². The zero-order chi connectivity index (χ0) is 14.8. The molecule has 0 spiro atoms. The monoisotopic (exact) mass is 349 g/mol. The van der Waals surface area contributed by atoms with Gasteiger partial charge >= 0.3 is 6.18 Å². The average molecular weight is 350 g/mol. The zero-order valence-corrected chi connectivity index (χ0v) is 12.4. The highest BCUT2D eigenvalue weighted by Crippen LogP contribution is 2.30. The van der Waals surface area contributed by atoms with Gasteiger partial charge in [0.05, 0.1) is 5.56 Å². The number of likely N-dealkylation sites (tertiary alicyclic amines) is 1. The molecule has 110 valence electrons. The summed E-state index contributed by atoms with van der Waals surface area (Å²) in [4.78, 5) is 13.9. The van der Waals surface area contributed by atoms with Crippen molar-refractivity contribution < 1.29 is 18.0 Å². The van der Waals surface area contributed by atoms with Gasteiger partial charge in [-0.15, -0.1) is 0 Å². The first kappa shape index (κ1) is 15.4. The van der Waals surface area contributed by atoms with Crippen LogP contribution in [0.3, 0.4) is 0 Å². The molecule has 1 unspecified atom stereocenters. The Morgan fingerprint density at radius 3 is 2.80 bits per heavy atom. The van der Waals surface area contributed by atoms with E-state index in [4.69, 9.17) is 0 Å². The Hall–Kier alpha value is -1.04. The standard InChI is InChI=1S/C14H15BrF3NO/c15-6-4-10-5-7-19(9-10)13(20)11-2-1-3-12(8-11)14(16,17)18/h1-3,8,10H,4-7,9H2. The smallest absolute Gasteiger partial charge is 0.338 e. The van der Waals surface area contributed by atoms with Crippen molar-refractivity contribution in [1.29, 1.82) is 0 Å². The molecule has 2 nitrogen and oxygen atoms in total. The normalized spacial score (nSPS) is 19.4. The molecule has 0 radical (unpaired) electrons. The van der Waals surface area contributed by atoms with E-state index in [1.54, 1.807) is 4.90 Å². The lowest BCUT2D eigenvalue weighted by Gasteiger charge is -2.17. The third kappa shape index (κ3) is 3.53. The molecule has 1 saturated heterocycles. The van der Waals surface area contributed by atoms with Gasteiger partial charge in [0.25, 0.3) is 5.91 Å². The summed E-state index contributed by atoms with van der Waals surface area (Å²) in [6, 6.07) is 4.63. The van der Waals surface area contributed by atoms with Crippen LogP contribution in [0.4, 0.5) is 13.2 Å². The molecule has 2 rings (SSSR count). The topological polar surface area (TPSA) is 20.3 Å². The van der Waals surface area contributed by atoms with Gasteiger partial charge in [-0.3, -0.25) is 4.79 Å². The van der Waals surface area contributed by atoms with E-state index in [1.807, 2.05) is 0 Å². The van der Waals surface area contributed by atoms with E-state index >= 15 is 0 Å². The van der Waals surface area contributed by atoms with Crippen molar-refractivity contribution in [3.63, 3.8) is 0 Å². The lowest BCUT2D eigenvalue weighted by atomic mass is 10.1. The van der Waals surface area contributed by atoms with Crippen molar-refractivity contribution >= 4 is 21.8 Å². The molecular formula is C14H15BrF3NO. The minimum atomic E-state index is -4.42. The molecule has 6 heteroatoms. The largest absolute Gasteiger partial charge is 0.416 e. The second-order valence-corrected chi connectivity index (χ2v) is 5.76. The fourth-order valence-corrected chi connectivity index (χ4v) is 3.07. The van der Waals surface area contributed by atoms with E-state index in [2.05, 4.69) is 15.9 Å². The Bertz CT molecular complexity index is 490. The first-order chi connectivity index (χ1) is 9.41. The molecule has 0 aliphatic carbocycles. The lowest BCUT2D eigenvalue weighted by Crippen LogP contribution is -2.29. The molecule has 1 atom stereocenters. The molecule has 20 heavy (non-hydrogen) atoms. The van der Waals surface area contributed by atoms with Crippen LogP contribution >= 0.6 is 15.9 Å². The van der Waals surface area contributed by atoms with Crippen LogP contribution in [-0.4, -0.2) is 29.2 Å². The van der Waals surface area contributed by atoms with Crippen LogP contribution in [0.2, 0.25) is 0 Å². The average Bonchev–Trinajstić information content (AvgIpc) is 2.86. The van der Waals surface area contributed by atoms with Gasteiger partial charge in [0.2, 0.25) is 0 Å². The number of hydrogen-bond donors (Lipinski definition) is 0. The Morgan fingerprint density at radius 1 is 1.40 bits per heavy atom. The molecule has 0 N–H and O–H groups in total. The van der Waals surface area contributed by atoms with Gasteiger partial charge < -0.3 is 4.90 Å². The van der Waals surface area contributed by atoms with E-state index in [9.17, 15) is 18.0 Å². The Labute approximate surface area is 124 Å². The van der Waals surface area contributed by atoms with Crippen molar-refractivity contribution in [2.75, 3.05) is 18.4 Å². The lowest BCUT2D eigenvalue weighted by molar-refractivity contribution is -0.137. The Balaban J connectivity index is 2.10. The maximum absolute atomic E-state index is 12.6. The van der Waals surface area contributed by atoms with Crippen molar-refractivity contribution in [2.24, 2.45) is 5.92 Å². The summed E-state index contributed by atoms with van der Waals surface area (Å²) in [7, 11) is 0. The number of amides is 1. The minimum Gasteiger partial charge on any atom is -0.338 e. The van der Waals surface area contributed by atoms with E-state index in [0.29, 0.717) is 19.0 Å². The second kappa shape index (κ2) is 6.16. The van der Waals surface area contributed by atoms with Crippen LogP contribution in [0.25, 0.3) is 0 Å². The first-order valence-corrected chi connectivity index (χ1v) is 7.56. The third-order valence-electron chi connectivity index (χ3n) is 3.53. The predicted molar refractivity (Wildman–Crippen MR) is 73.9 cm³/mol. The first-order valence-electron chi connectivity index (χ1n) is 6.44. The molecule has 0 aromatic heterocycles. The number of benzene rings is 1. The molecule has 0 saturated carbocycles. The zero-order valence-electron chi connectivity index (χ0n) is 10.8. The number of hydrogen-bond acceptors (Lipinski definition) is 1. The van der Waals surface area contributed by atoms with Gasteiger partial charge in [-0.25, -0.2) is 0 Å². The molecule has 1 heterocycles. The maximum atomic E-state index is 12.6. The van der Waals surface area contributed by atoms with Crippen LogP contribution in [0.1, 0.15) is 28.8 Å². The highest BCUT2D eigenvalue weighted by molar-refractivity contribution is 9.09.